The molecule has 1 aliphatic carbocycles. The summed E-state index contributed by atoms with van der Waals surface area (Å²) in [7, 11) is 0. The van der Waals surface area contributed by atoms with Crippen LogP contribution in [0.15, 0.2) is 0 Å². The van der Waals surface area contributed by atoms with E-state index in [4.69, 9.17) is 9.84 Å². The van der Waals surface area contributed by atoms with Crippen LogP contribution in [-0.4, -0.2) is 36.5 Å². The van der Waals surface area contributed by atoms with Crippen molar-refractivity contribution in [1.29, 1.82) is 0 Å². The van der Waals surface area contributed by atoms with Crippen LogP contribution in [0.2, 0.25) is 0 Å². The lowest BCUT2D eigenvalue weighted by Gasteiger charge is -2.32. The largest absolute Gasteiger partial charge is 0.393 e. The first-order valence-corrected chi connectivity index (χ1v) is 5.28. The summed E-state index contributed by atoms with van der Waals surface area (Å²) in [6.07, 6.45) is 3.44. The lowest BCUT2D eigenvalue weighted by Crippen LogP contribution is -2.42. The first-order chi connectivity index (χ1) is 6.25. The number of hydrogen-bond acceptors (Lipinski definition) is 3. The molecule has 2 unspecified atom stereocenters. The fourth-order valence-corrected chi connectivity index (χ4v) is 2.19. The van der Waals surface area contributed by atoms with Crippen LogP contribution in [0.1, 0.15) is 26.2 Å². The fraction of sp³-hybridized carbons (Fsp3) is 1.00. The van der Waals surface area contributed by atoms with Gasteiger partial charge in [-0.15, -0.1) is 0 Å². The topological polar surface area (TPSA) is 41.5 Å². The molecule has 2 N–H and O–H groups in total. The highest BCUT2D eigenvalue weighted by molar-refractivity contribution is 4.84. The molecule has 76 valence electrons. The zero-order valence-corrected chi connectivity index (χ0v) is 8.20. The second-order valence-corrected chi connectivity index (χ2v) is 4.37. The third-order valence-corrected chi connectivity index (χ3v) is 3.26. The minimum Gasteiger partial charge on any atom is -0.393 e. The van der Waals surface area contributed by atoms with E-state index in [-0.39, 0.29) is 6.10 Å². The van der Waals surface area contributed by atoms with Crippen molar-refractivity contribution in [3.63, 3.8) is 0 Å². The van der Waals surface area contributed by atoms with Crippen LogP contribution in [-0.2, 0) is 4.74 Å². The van der Waals surface area contributed by atoms with Crippen LogP contribution in [0.4, 0.5) is 0 Å². The molecule has 0 amide bonds. The van der Waals surface area contributed by atoms with E-state index in [2.05, 4.69) is 12.2 Å². The van der Waals surface area contributed by atoms with Crippen molar-refractivity contribution in [2.24, 2.45) is 5.92 Å². The quantitative estimate of drug-likeness (QED) is 0.673. The fourth-order valence-electron chi connectivity index (χ4n) is 2.19. The molecular weight excluding hydrogens is 166 g/mol. The summed E-state index contributed by atoms with van der Waals surface area (Å²) in [5.41, 5.74) is 0. The molecule has 1 heterocycles. The molecule has 1 saturated carbocycles. The van der Waals surface area contributed by atoms with Crippen molar-refractivity contribution in [1.82, 2.24) is 5.32 Å². The Hall–Kier alpha value is -0.120. The Morgan fingerprint density at radius 3 is 2.77 bits per heavy atom. The molecule has 2 rings (SSSR count). The summed E-state index contributed by atoms with van der Waals surface area (Å²) in [4.78, 5) is 0. The lowest BCUT2D eigenvalue weighted by molar-refractivity contribution is 0.0399. The zero-order valence-electron chi connectivity index (χ0n) is 8.20. The summed E-state index contributed by atoms with van der Waals surface area (Å²) in [6.45, 7) is 4.07. The van der Waals surface area contributed by atoms with Crippen LogP contribution >= 0.6 is 0 Å². The van der Waals surface area contributed by atoms with Crippen molar-refractivity contribution < 1.29 is 9.84 Å². The SMILES string of the molecule is CC1OCCC1NCC1CC(O)C1. The van der Waals surface area contributed by atoms with E-state index in [0.29, 0.717) is 18.1 Å². The van der Waals surface area contributed by atoms with Gasteiger partial charge in [-0.3, -0.25) is 0 Å². The van der Waals surface area contributed by atoms with Gasteiger partial charge in [-0.2, -0.15) is 0 Å². The Labute approximate surface area is 79.5 Å². The molecule has 0 radical (unpaired) electrons. The van der Waals surface area contributed by atoms with Crippen LogP contribution in [0.5, 0.6) is 0 Å². The summed E-state index contributed by atoms with van der Waals surface area (Å²) in [6, 6.07) is 0.540. The van der Waals surface area contributed by atoms with Crippen LogP contribution < -0.4 is 5.32 Å². The zero-order chi connectivity index (χ0) is 9.26. The predicted octanol–water partition coefficient (Wildman–Crippen LogP) is 0.524. The molecule has 2 fully saturated rings. The van der Waals surface area contributed by atoms with Gasteiger partial charge in [0.05, 0.1) is 12.2 Å². The first-order valence-electron chi connectivity index (χ1n) is 5.28. The van der Waals surface area contributed by atoms with E-state index < -0.39 is 0 Å². The second-order valence-electron chi connectivity index (χ2n) is 4.37. The summed E-state index contributed by atoms with van der Waals surface area (Å²) >= 11 is 0. The summed E-state index contributed by atoms with van der Waals surface area (Å²) < 4.78 is 5.46. The smallest absolute Gasteiger partial charge is 0.0700 e. The van der Waals surface area contributed by atoms with E-state index in [9.17, 15) is 0 Å². The number of aliphatic hydroxyl groups is 1. The van der Waals surface area contributed by atoms with E-state index >= 15 is 0 Å². The van der Waals surface area contributed by atoms with E-state index in [0.717, 1.165) is 32.4 Å². The van der Waals surface area contributed by atoms with Gasteiger partial charge in [0.1, 0.15) is 0 Å². The van der Waals surface area contributed by atoms with Gasteiger partial charge in [-0.1, -0.05) is 0 Å². The molecular formula is C10H19NO2. The highest BCUT2D eigenvalue weighted by Gasteiger charge is 2.29. The van der Waals surface area contributed by atoms with Crippen LogP contribution in [0.25, 0.3) is 0 Å². The Bertz CT molecular complexity index is 168. The van der Waals surface area contributed by atoms with Crippen molar-refractivity contribution in [3.05, 3.63) is 0 Å². The Morgan fingerprint density at radius 1 is 1.46 bits per heavy atom. The van der Waals surface area contributed by atoms with E-state index in [1.807, 2.05) is 0 Å². The van der Waals surface area contributed by atoms with Gasteiger partial charge < -0.3 is 15.2 Å². The van der Waals surface area contributed by atoms with Gasteiger partial charge in [0.15, 0.2) is 0 Å². The second kappa shape index (κ2) is 3.95. The highest BCUT2D eigenvalue weighted by Crippen LogP contribution is 2.26. The predicted molar refractivity (Wildman–Crippen MR) is 50.6 cm³/mol. The summed E-state index contributed by atoms with van der Waals surface area (Å²) in [5, 5.41) is 12.6. The molecule has 1 saturated heterocycles. The average Bonchev–Trinajstić information content (AvgIpc) is 2.43. The van der Waals surface area contributed by atoms with Crippen molar-refractivity contribution >= 4 is 0 Å². The molecule has 0 aromatic carbocycles. The van der Waals surface area contributed by atoms with Crippen LogP contribution in [0.3, 0.4) is 0 Å². The lowest BCUT2D eigenvalue weighted by atomic mass is 9.82. The summed E-state index contributed by atoms with van der Waals surface area (Å²) in [5.74, 6) is 0.697. The minimum absolute atomic E-state index is 0.0240. The average molecular weight is 185 g/mol. The maximum atomic E-state index is 9.11. The van der Waals surface area contributed by atoms with Crippen molar-refractivity contribution in [3.8, 4) is 0 Å². The van der Waals surface area contributed by atoms with Gasteiger partial charge in [0, 0.05) is 12.6 Å². The third kappa shape index (κ3) is 2.22. The Morgan fingerprint density at radius 2 is 2.23 bits per heavy atom. The third-order valence-electron chi connectivity index (χ3n) is 3.26. The normalized spacial score (nSPS) is 44.8. The van der Waals surface area contributed by atoms with Crippen molar-refractivity contribution in [2.75, 3.05) is 13.2 Å². The number of ether oxygens (including phenoxy) is 1. The Balaban J connectivity index is 1.62. The first kappa shape index (κ1) is 9.44. The van der Waals surface area contributed by atoms with Gasteiger partial charge in [-0.05, 0) is 38.6 Å². The number of aliphatic hydroxyl groups excluding tert-OH is 1. The monoisotopic (exact) mass is 185 g/mol. The van der Waals surface area contributed by atoms with Gasteiger partial charge in [0.2, 0.25) is 0 Å². The molecule has 2 atom stereocenters. The minimum atomic E-state index is -0.0240. The molecule has 0 bridgehead atoms. The molecule has 3 nitrogen and oxygen atoms in total. The molecule has 0 spiro atoms. The van der Waals surface area contributed by atoms with E-state index in [1.54, 1.807) is 0 Å². The van der Waals surface area contributed by atoms with Crippen molar-refractivity contribution in [2.45, 2.75) is 44.4 Å². The number of hydrogen-bond donors (Lipinski definition) is 2. The van der Waals surface area contributed by atoms with Crippen LogP contribution in [0, 0.1) is 5.92 Å². The molecule has 1 aliphatic heterocycles. The number of nitrogens with one attached hydrogen (secondary N) is 1. The van der Waals surface area contributed by atoms with Gasteiger partial charge in [0.25, 0.3) is 0 Å². The molecule has 0 aromatic heterocycles. The molecule has 2 aliphatic rings. The maximum absolute atomic E-state index is 9.11. The Kier molecular flexibility index (Phi) is 2.86. The molecule has 13 heavy (non-hydrogen) atoms. The van der Waals surface area contributed by atoms with Gasteiger partial charge >= 0.3 is 0 Å². The van der Waals surface area contributed by atoms with Gasteiger partial charge in [-0.25, -0.2) is 0 Å². The van der Waals surface area contributed by atoms with E-state index in [1.165, 1.54) is 0 Å². The standard InChI is InChI=1S/C10H19NO2/c1-7-10(2-3-13-7)11-6-8-4-9(12)5-8/h7-12H,2-6H2,1H3. The maximum Gasteiger partial charge on any atom is 0.0700 e. The highest BCUT2D eigenvalue weighted by atomic mass is 16.5. The molecule has 3 heteroatoms. The number of rotatable bonds is 3. The molecule has 0 aromatic rings.